The Kier molecular flexibility index (Phi) is 6.25. The molecule has 5 heteroatoms. The van der Waals surface area contributed by atoms with Crippen molar-refractivity contribution in [2.24, 2.45) is 0 Å². The fourth-order valence-corrected chi connectivity index (χ4v) is 1.71. The fraction of sp³-hybridized carbons (Fsp3) is 0.333. The number of ether oxygens (including phenoxy) is 2. The van der Waals surface area contributed by atoms with Gasteiger partial charge in [-0.1, -0.05) is 30.7 Å². The molecule has 0 spiro atoms. The zero-order valence-corrected chi connectivity index (χ0v) is 12.4. The molecule has 1 aromatic carbocycles. The molecule has 1 rings (SSSR count). The first-order valence-electron chi connectivity index (χ1n) is 6.22. The first-order valence-corrected chi connectivity index (χ1v) is 6.60. The van der Waals surface area contributed by atoms with Crippen LogP contribution in [0, 0.1) is 0 Å². The highest BCUT2D eigenvalue weighted by Gasteiger charge is 2.19. The number of benzene rings is 1. The zero-order chi connectivity index (χ0) is 15.1. The molecular weight excluding hydrogens is 280 g/mol. The van der Waals surface area contributed by atoms with Gasteiger partial charge in [0.1, 0.15) is 0 Å². The Balaban J connectivity index is 3.01. The summed E-state index contributed by atoms with van der Waals surface area (Å²) < 4.78 is 10.1. The summed E-state index contributed by atoms with van der Waals surface area (Å²) in [6.07, 6.45) is 1.39. The van der Waals surface area contributed by atoms with Crippen LogP contribution < -0.4 is 0 Å². The summed E-state index contributed by atoms with van der Waals surface area (Å²) in [5, 5.41) is 0.636. The van der Waals surface area contributed by atoms with E-state index in [2.05, 4.69) is 0 Å². The lowest BCUT2D eigenvalue weighted by atomic mass is 10.1. The Morgan fingerprint density at radius 1 is 1.15 bits per heavy atom. The van der Waals surface area contributed by atoms with Crippen molar-refractivity contribution >= 4 is 29.6 Å². The molecule has 0 aliphatic rings. The van der Waals surface area contributed by atoms with Crippen LogP contribution in [0.3, 0.4) is 0 Å². The zero-order valence-electron chi connectivity index (χ0n) is 11.7. The highest BCUT2D eigenvalue weighted by molar-refractivity contribution is 6.30. The number of halogens is 1. The van der Waals surface area contributed by atoms with Crippen molar-refractivity contribution in [1.29, 1.82) is 0 Å². The van der Waals surface area contributed by atoms with Crippen LogP contribution in [0.1, 0.15) is 32.8 Å². The van der Waals surface area contributed by atoms with Crippen LogP contribution in [0.4, 0.5) is 0 Å². The lowest BCUT2D eigenvalue weighted by molar-refractivity contribution is -0.178. The van der Waals surface area contributed by atoms with E-state index in [1.54, 1.807) is 12.1 Å². The first-order chi connectivity index (χ1) is 9.42. The Bertz CT molecular complexity index is 489. The molecule has 0 unspecified atom stereocenters. The number of hydrogen-bond acceptors (Lipinski definition) is 4. The molecule has 0 heterocycles. The lowest BCUT2D eigenvalue weighted by Crippen LogP contribution is -2.24. The van der Waals surface area contributed by atoms with Gasteiger partial charge >= 0.3 is 11.9 Å². The van der Waals surface area contributed by atoms with E-state index >= 15 is 0 Å². The van der Waals surface area contributed by atoms with E-state index in [-0.39, 0.29) is 0 Å². The van der Waals surface area contributed by atoms with Gasteiger partial charge in [-0.15, -0.1) is 0 Å². The quantitative estimate of drug-likeness (QED) is 0.615. The summed E-state index contributed by atoms with van der Waals surface area (Å²) in [4.78, 5) is 22.2. The monoisotopic (exact) mass is 296 g/mol. The Labute approximate surface area is 123 Å². The van der Waals surface area contributed by atoms with Crippen LogP contribution in [-0.4, -0.2) is 18.2 Å². The maximum atomic E-state index is 11.1. The van der Waals surface area contributed by atoms with Gasteiger partial charge in [0.25, 0.3) is 6.29 Å². The number of esters is 2. The average Bonchev–Trinajstić information content (AvgIpc) is 2.36. The molecule has 0 amide bonds. The van der Waals surface area contributed by atoms with Gasteiger partial charge in [0, 0.05) is 24.4 Å². The summed E-state index contributed by atoms with van der Waals surface area (Å²) in [7, 11) is 0. The second-order valence-corrected chi connectivity index (χ2v) is 4.61. The molecule has 0 radical (unpaired) electrons. The summed E-state index contributed by atoms with van der Waals surface area (Å²) in [5.74, 6) is -1.02. The lowest BCUT2D eigenvalue weighted by Gasteiger charge is -2.19. The van der Waals surface area contributed by atoms with Crippen molar-refractivity contribution in [3.63, 3.8) is 0 Å². The molecule has 0 saturated heterocycles. The second-order valence-electron chi connectivity index (χ2n) is 4.18. The van der Waals surface area contributed by atoms with E-state index in [0.717, 1.165) is 5.56 Å². The van der Waals surface area contributed by atoms with E-state index in [0.29, 0.717) is 17.0 Å². The smallest absolute Gasteiger partial charge is 0.305 e. The number of rotatable bonds is 5. The summed E-state index contributed by atoms with van der Waals surface area (Å²) in [5.41, 5.74) is 1.58. The maximum Gasteiger partial charge on any atom is 0.305 e. The van der Waals surface area contributed by atoms with Gasteiger partial charge < -0.3 is 9.47 Å². The third kappa shape index (κ3) is 5.45. The predicted octanol–water partition coefficient (Wildman–Crippen LogP) is 3.59. The van der Waals surface area contributed by atoms with Gasteiger partial charge in [-0.25, -0.2) is 0 Å². The van der Waals surface area contributed by atoms with E-state index in [9.17, 15) is 9.59 Å². The molecule has 0 aromatic heterocycles. The molecule has 0 N–H and O–H groups in total. The topological polar surface area (TPSA) is 52.6 Å². The van der Waals surface area contributed by atoms with Crippen LogP contribution in [-0.2, 0) is 19.1 Å². The third-order valence-electron chi connectivity index (χ3n) is 2.48. The van der Waals surface area contributed by atoms with Crippen molar-refractivity contribution in [2.45, 2.75) is 33.5 Å². The normalized spacial score (nSPS) is 11.3. The van der Waals surface area contributed by atoms with Crippen molar-refractivity contribution < 1.29 is 19.1 Å². The van der Waals surface area contributed by atoms with Crippen LogP contribution in [0.5, 0.6) is 0 Å². The fourth-order valence-electron chi connectivity index (χ4n) is 1.59. The summed E-state index contributed by atoms with van der Waals surface area (Å²) in [6.45, 7) is 4.43. The average molecular weight is 297 g/mol. The Morgan fingerprint density at radius 3 is 2.05 bits per heavy atom. The van der Waals surface area contributed by atoms with Gasteiger partial charge in [-0.2, -0.15) is 0 Å². The predicted molar refractivity (Wildman–Crippen MR) is 77.0 cm³/mol. The molecule has 0 fully saturated rings. The Morgan fingerprint density at radius 2 is 1.65 bits per heavy atom. The molecule has 1 aromatic rings. The molecule has 0 atom stereocenters. The van der Waals surface area contributed by atoms with Crippen LogP contribution >= 0.6 is 11.6 Å². The first kappa shape index (κ1) is 16.2. The second kappa shape index (κ2) is 7.70. The maximum absolute atomic E-state index is 11.1. The van der Waals surface area contributed by atoms with Crippen LogP contribution in [0.25, 0.3) is 6.08 Å². The minimum atomic E-state index is -0.995. The molecule has 108 valence electrons. The Hall–Kier alpha value is -1.81. The number of hydrogen-bond donors (Lipinski definition) is 0. The standard InChI is InChI=1S/C15H17ClO4/c1-4-13(9-12-5-7-14(16)8-6-12)15(19-10(2)17)20-11(3)18/h5-9,15H,4H2,1-3H3/b13-9+. The summed E-state index contributed by atoms with van der Waals surface area (Å²) in [6, 6.07) is 7.17. The molecule has 0 aliphatic heterocycles. The van der Waals surface area contributed by atoms with E-state index in [4.69, 9.17) is 21.1 Å². The number of carbonyl (C=O) groups excluding carboxylic acids is 2. The minimum absolute atomic E-state index is 0.508. The van der Waals surface area contributed by atoms with Crippen LogP contribution in [0.15, 0.2) is 29.8 Å². The SMILES string of the molecule is CC/C(=C\c1ccc(Cl)cc1)C(OC(C)=O)OC(C)=O. The van der Waals surface area contributed by atoms with Gasteiger partial charge in [0.05, 0.1) is 0 Å². The van der Waals surface area contributed by atoms with E-state index < -0.39 is 18.2 Å². The van der Waals surface area contributed by atoms with Gasteiger partial charge in [-0.3, -0.25) is 9.59 Å². The largest absolute Gasteiger partial charge is 0.421 e. The molecule has 0 aliphatic carbocycles. The highest BCUT2D eigenvalue weighted by Crippen LogP contribution is 2.19. The van der Waals surface area contributed by atoms with E-state index in [1.807, 2.05) is 25.1 Å². The van der Waals surface area contributed by atoms with Crippen molar-refractivity contribution in [2.75, 3.05) is 0 Å². The number of carbonyl (C=O) groups is 2. The van der Waals surface area contributed by atoms with Gasteiger partial charge in [0.15, 0.2) is 0 Å². The molecular formula is C15H17ClO4. The van der Waals surface area contributed by atoms with Crippen LogP contribution in [0.2, 0.25) is 5.02 Å². The molecule has 20 heavy (non-hydrogen) atoms. The summed E-state index contributed by atoms with van der Waals surface area (Å²) >= 11 is 5.82. The molecule has 0 bridgehead atoms. The highest BCUT2D eigenvalue weighted by atomic mass is 35.5. The van der Waals surface area contributed by atoms with Gasteiger partial charge in [-0.05, 0) is 30.2 Å². The van der Waals surface area contributed by atoms with Crippen molar-refractivity contribution in [1.82, 2.24) is 0 Å². The third-order valence-corrected chi connectivity index (χ3v) is 2.73. The van der Waals surface area contributed by atoms with Crippen molar-refractivity contribution in [3.05, 3.63) is 40.4 Å². The van der Waals surface area contributed by atoms with Crippen molar-refractivity contribution in [3.8, 4) is 0 Å². The van der Waals surface area contributed by atoms with Gasteiger partial charge in [0.2, 0.25) is 0 Å². The molecule has 0 saturated carbocycles. The van der Waals surface area contributed by atoms with E-state index in [1.165, 1.54) is 13.8 Å². The minimum Gasteiger partial charge on any atom is -0.421 e. The molecule has 4 nitrogen and oxygen atoms in total.